The minimum Gasteiger partial charge on any atom is -0.496 e. The number of ether oxygens (including phenoxy) is 3. The lowest BCUT2D eigenvalue weighted by molar-refractivity contribution is -0.152. The molecule has 6 heteroatoms. The maximum absolute atomic E-state index is 13.0. The predicted octanol–water partition coefficient (Wildman–Crippen LogP) is 4.98. The zero-order valence-corrected chi connectivity index (χ0v) is 17.7. The molecule has 0 amide bonds. The van der Waals surface area contributed by atoms with E-state index in [1.54, 1.807) is 44.4 Å². The van der Waals surface area contributed by atoms with Gasteiger partial charge in [-0.15, -0.1) is 0 Å². The van der Waals surface area contributed by atoms with Crippen molar-refractivity contribution in [1.29, 1.82) is 0 Å². The third-order valence-corrected chi connectivity index (χ3v) is 5.01. The Balaban J connectivity index is 1.51. The summed E-state index contributed by atoms with van der Waals surface area (Å²) in [6.45, 7) is 1.78. The van der Waals surface area contributed by atoms with Crippen LogP contribution in [0.4, 0.5) is 0 Å². The van der Waals surface area contributed by atoms with Crippen molar-refractivity contribution in [3.8, 4) is 22.6 Å². The van der Waals surface area contributed by atoms with Gasteiger partial charge < -0.3 is 18.6 Å². The predicted molar refractivity (Wildman–Crippen MR) is 121 cm³/mol. The van der Waals surface area contributed by atoms with Crippen molar-refractivity contribution >= 4 is 16.9 Å². The maximum Gasteiger partial charge on any atom is 0.347 e. The molecule has 0 bridgehead atoms. The van der Waals surface area contributed by atoms with E-state index in [2.05, 4.69) is 0 Å². The van der Waals surface area contributed by atoms with Crippen LogP contribution in [0.2, 0.25) is 0 Å². The fraction of sp³-hybridized carbons (Fsp3) is 0.154. The minimum absolute atomic E-state index is 0.172. The highest BCUT2D eigenvalue weighted by atomic mass is 16.6. The standard InChI is InChI=1S/C26H22O6/c1-17(26(28)31-15-18-8-4-3-5-9-18)32-19-12-13-21-24(14-19)30-16-22(25(21)27)20-10-6-7-11-23(20)29-2/h3-14,16-17H,15H2,1-2H3. The molecule has 1 heterocycles. The van der Waals surface area contributed by atoms with Gasteiger partial charge in [-0.25, -0.2) is 4.79 Å². The number of esters is 1. The number of hydrogen-bond acceptors (Lipinski definition) is 6. The fourth-order valence-electron chi connectivity index (χ4n) is 3.33. The van der Waals surface area contributed by atoms with Crippen LogP contribution < -0.4 is 14.9 Å². The zero-order valence-electron chi connectivity index (χ0n) is 17.7. The second-order valence-corrected chi connectivity index (χ2v) is 7.19. The largest absolute Gasteiger partial charge is 0.496 e. The van der Waals surface area contributed by atoms with E-state index in [1.165, 1.54) is 6.26 Å². The average Bonchev–Trinajstić information content (AvgIpc) is 2.83. The molecule has 4 rings (SSSR count). The lowest BCUT2D eigenvalue weighted by Gasteiger charge is -2.14. The van der Waals surface area contributed by atoms with Crippen LogP contribution >= 0.6 is 0 Å². The summed E-state index contributed by atoms with van der Waals surface area (Å²) in [6.07, 6.45) is 0.583. The Labute approximate surface area is 185 Å². The van der Waals surface area contributed by atoms with Crippen LogP contribution in [0.1, 0.15) is 12.5 Å². The zero-order chi connectivity index (χ0) is 22.5. The monoisotopic (exact) mass is 430 g/mol. The van der Waals surface area contributed by atoms with Crippen molar-refractivity contribution in [2.45, 2.75) is 19.6 Å². The molecule has 0 N–H and O–H groups in total. The van der Waals surface area contributed by atoms with Gasteiger partial charge in [0.2, 0.25) is 5.43 Å². The first-order valence-electron chi connectivity index (χ1n) is 10.1. The summed E-state index contributed by atoms with van der Waals surface area (Å²) < 4.78 is 22.1. The first kappa shape index (κ1) is 21.2. The van der Waals surface area contributed by atoms with Crippen molar-refractivity contribution in [2.24, 2.45) is 0 Å². The molecular weight excluding hydrogens is 408 g/mol. The number of carbonyl (C=O) groups is 1. The molecule has 0 saturated carbocycles. The molecule has 3 aromatic carbocycles. The molecule has 0 aliphatic carbocycles. The third kappa shape index (κ3) is 4.49. The second-order valence-electron chi connectivity index (χ2n) is 7.19. The summed E-state index contributed by atoms with van der Waals surface area (Å²) in [4.78, 5) is 25.3. The van der Waals surface area contributed by atoms with E-state index < -0.39 is 12.1 Å². The number of carbonyl (C=O) groups excluding carboxylic acids is 1. The Bertz CT molecular complexity index is 1290. The van der Waals surface area contributed by atoms with Crippen LogP contribution in [0.15, 0.2) is 88.3 Å². The summed E-state index contributed by atoms with van der Waals surface area (Å²) in [7, 11) is 1.55. The first-order chi connectivity index (χ1) is 15.6. The quantitative estimate of drug-likeness (QED) is 0.385. The van der Waals surface area contributed by atoms with E-state index in [4.69, 9.17) is 18.6 Å². The summed E-state index contributed by atoms with van der Waals surface area (Å²) >= 11 is 0. The van der Waals surface area contributed by atoms with Gasteiger partial charge in [0.25, 0.3) is 0 Å². The first-order valence-corrected chi connectivity index (χ1v) is 10.1. The van der Waals surface area contributed by atoms with E-state index in [1.807, 2.05) is 42.5 Å². The molecule has 162 valence electrons. The molecule has 32 heavy (non-hydrogen) atoms. The molecule has 0 radical (unpaired) electrons. The van der Waals surface area contributed by atoms with Crippen LogP contribution in [0.3, 0.4) is 0 Å². The Morgan fingerprint density at radius 2 is 1.72 bits per heavy atom. The van der Waals surface area contributed by atoms with Gasteiger partial charge in [-0.2, -0.15) is 0 Å². The number of benzene rings is 3. The number of hydrogen-bond donors (Lipinski definition) is 0. The van der Waals surface area contributed by atoms with Gasteiger partial charge in [0, 0.05) is 11.6 Å². The minimum atomic E-state index is -0.823. The van der Waals surface area contributed by atoms with Gasteiger partial charge >= 0.3 is 5.97 Å². The van der Waals surface area contributed by atoms with Crippen LogP contribution in [-0.4, -0.2) is 19.2 Å². The van der Waals surface area contributed by atoms with E-state index in [-0.39, 0.29) is 12.0 Å². The Morgan fingerprint density at radius 3 is 2.50 bits per heavy atom. The van der Waals surface area contributed by atoms with Crippen LogP contribution in [0.5, 0.6) is 11.5 Å². The van der Waals surface area contributed by atoms with Crippen molar-refractivity contribution in [1.82, 2.24) is 0 Å². The van der Waals surface area contributed by atoms with E-state index in [0.29, 0.717) is 33.6 Å². The molecule has 1 unspecified atom stereocenters. The highest BCUT2D eigenvalue weighted by molar-refractivity contribution is 5.84. The molecule has 0 spiro atoms. The number of fused-ring (bicyclic) bond motifs is 1. The van der Waals surface area contributed by atoms with Gasteiger partial charge in [0.1, 0.15) is 30.0 Å². The highest BCUT2D eigenvalue weighted by Gasteiger charge is 2.18. The van der Waals surface area contributed by atoms with Gasteiger partial charge in [0.15, 0.2) is 6.10 Å². The lowest BCUT2D eigenvalue weighted by Crippen LogP contribution is -2.26. The van der Waals surface area contributed by atoms with E-state index >= 15 is 0 Å². The van der Waals surface area contributed by atoms with Gasteiger partial charge in [-0.3, -0.25) is 4.79 Å². The average molecular weight is 430 g/mol. The smallest absolute Gasteiger partial charge is 0.347 e. The van der Waals surface area contributed by atoms with Gasteiger partial charge in [-0.1, -0.05) is 48.5 Å². The van der Waals surface area contributed by atoms with Gasteiger partial charge in [-0.05, 0) is 30.7 Å². The summed E-state index contributed by atoms with van der Waals surface area (Å²) in [5.41, 5.74) is 2.13. The van der Waals surface area contributed by atoms with Crippen molar-refractivity contribution in [3.63, 3.8) is 0 Å². The van der Waals surface area contributed by atoms with Crippen molar-refractivity contribution < 1.29 is 23.4 Å². The maximum atomic E-state index is 13.0. The SMILES string of the molecule is COc1ccccc1-c1coc2cc(OC(C)C(=O)OCc3ccccc3)ccc2c1=O. The molecule has 0 aliphatic heterocycles. The fourth-order valence-corrected chi connectivity index (χ4v) is 3.33. The Hall–Kier alpha value is -4.06. The normalized spacial score (nSPS) is 11.7. The summed E-state index contributed by atoms with van der Waals surface area (Å²) in [5, 5.41) is 0.403. The molecule has 1 aromatic heterocycles. The van der Waals surface area contributed by atoms with Crippen LogP contribution in [-0.2, 0) is 16.1 Å². The lowest BCUT2D eigenvalue weighted by atomic mass is 10.0. The van der Waals surface area contributed by atoms with E-state index in [9.17, 15) is 9.59 Å². The molecule has 4 aromatic rings. The molecule has 0 saturated heterocycles. The van der Waals surface area contributed by atoms with Crippen molar-refractivity contribution in [2.75, 3.05) is 7.11 Å². The number of para-hydroxylation sites is 1. The molecular formula is C26H22O6. The second kappa shape index (κ2) is 9.39. The molecule has 0 fully saturated rings. The highest BCUT2D eigenvalue weighted by Crippen LogP contribution is 2.29. The van der Waals surface area contributed by atoms with Crippen molar-refractivity contribution in [3.05, 3.63) is 94.8 Å². The topological polar surface area (TPSA) is 75.0 Å². The van der Waals surface area contributed by atoms with Crippen LogP contribution in [0, 0.1) is 0 Å². The third-order valence-electron chi connectivity index (χ3n) is 5.01. The molecule has 1 atom stereocenters. The Morgan fingerprint density at radius 1 is 0.969 bits per heavy atom. The molecule has 6 nitrogen and oxygen atoms in total. The summed E-state index contributed by atoms with van der Waals surface area (Å²) in [6, 6.07) is 21.5. The Kier molecular flexibility index (Phi) is 6.22. The number of methoxy groups -OCH3 is 1. The summed E-state index contributed by atoms with van der Waals surface area (Å²) in [5.74, 6) is 0.499. The van der Waals surface area contributed by atoms with E-state index in [0.717, 1.165) is 5.56 Å². The van der Waals surface area contributed by atoms with Crippen LogP contribution in [0.25, 0.3) is 22.1 Å². The number of rotatable bonds is 7. The van der Waals surface area contributed by atoms with Gasteiger partial charge in [0.05, 0.1) is 18.1 Å². The molecule has 0 aliphatic rings.